The minimum Gasteiger partial charge on any atom is -0.314 e. The number of sulfonamides is 1. The fourth-order valence-corrected chi connectivity index (χ4v) is 4.10. The summed E-state index contributed by atoms with van der Waals surface area (Å²) in [6, 6.07) is 5.25. The van der Waals surface area contributed by atoms with Gasteiger partial charge in [0.25, 0.3) is 0 Å². The largest absolute Gasteiger partial charge is 0.314 e. The van der Waals surface area contributed by atoms with E-state index in [9.17, 15) is 16.8 Å². The van der Waals surface area contributed by atoms with Crippen molar-refractivity contribution < 1.29 is 16.8 Å². The molecule has 2 N–H and O–H groups in total. The van der Waals surface area contributed by atoms with Gasteiger partial charge in [0, 0.05) is 39.0 Å². The van der Waals surface area contributed by atoms with Crippen LogP contribution in [0.4, 0.5) is 0 Å². The zero-order valence-electron chi connectivity index (χ0n) is 14.0. The molecule has 2 rings (SSSR count). The van der Waals surface area contributed by atoms with Gasteiger partial charge < -0.3 is 10.2 Å². The third kappa shape index (κ3) is 7.78. The molecule has 1 saturated heterocycles. The van der Waals surface area contributed by atoms with Crippen LogP contribution in [0.25, 0.3) is 0 Å². The quantitative estimate of drug-likeness (QED) is 0.608. The summed E-state index contributed by atoms with van der Waals surface area (Å²) in [4.78, 5) is 2.48. The number of benzene rings is 1. The van der Waals surface area contributed by atoms with Crippen molar-refractivity contribution in [1.82, 2.24) is 14.9 Å². The highest BCUT2D eigenvalue weighted by atomic mass is 35.5. The Morgan fingerprint density at radius 1 is 1.00 bits per heavy atom. The predicted molar refractivity (Wildman–Crippen MR) is 103 cm³/mol. The van der Waals surface area contributed by atoms with Crippen LogP contribution in [0.15, 0.2) is 34.1 Å². The molecule has 1 heterocycles. The Hall–Kier alpha value is -0.420. The van der Waals surface area contributed by atoms with E-state index >= 15 is 0 Å². The Bertz CT molecular complexity index is 719. The van der Waals surface area contributed by atoms with Gasteiger partial charge in [-0.05, 0) is 37.2 Å². The van der Waals surface area contributed by atoms with E-state index in [-0.39, 0.29) is 34.6 Å². The number of rotatable bonds is 7. The summed E-state index contributed by atoms with van der Waals surface area (Å²) in [5.41, 5.74) is 0. The highest BCUT2D eigenvalue weighted by molar-refractivity contribution is 7.90. The fraction of sp³-hybridized carbons (Fsp3) is 0.571. The van der Waals surface area contributed by atoms with Crippen molar-refractivity contribution in [2.24, 2.45) is 0 Å². The minimum atomic E-state index is -3.60. The number of nitrogens with one attached hydrogen (secondary N) is 2. The molecule has 1 aromatic carbocycles. The van der Waals surface area contributed by atoms with E-state index in [1.165, 1.54) is 24.3 Å². The number of halogens is 2. The third-order valence-electron chi connectivity index (χ3n) is 3.72. The first-order chi connectivity index (χ1) is 10.8. The normalized spacial score (nSPS) is 15.9. The van der Waals surface area contributed by atoms with Crippen molar-refractivity contribution in [1.29, 1.82) is 0 Å². The molecule has 11 heteroatoms. The van der Waals surface area contributed by atoms with Gasteiger partial charge in [0.1, 0.15) is 0 Å². The summed E-state index contributed by atoms with van der Waals surface area (Å²) in [5.74, 6) is 0. The van der Waals surface area contributed by atoms with E-state index in [2.05, 4.69) is 14.9 Å². The molecule has 0 radical (unpaired) electrons. The van der Waals surface area contributed by atoms with Crippen LogP contribution in [0, 0.1) is 0 Å². The first-order valence-corrected chi connectivity index (χ1v) is 10.9. The Balaban J connectivity index is 0.00000288. The molecule has 0 bridgehead atoms. The van der Waals surface area contributed by atoms with Crippen LogP contribution in [-0.4, -0.2) is 67.3 Å². The molecular formula is C14H25Cl2N3O4S2. The lowest BCUT2D eigenvalue weighted by molar-refractivity contribution is 0.239. The fourth-order valence-electron chi connectivity index (χ4n) is 2.39. The van der Waals surface area contributed by atoms with Crippen LogP contribution >= 0.6 is 24.8 Å². The van der Waals surface area contributed by atoms with E-state index in [1.54, 1.807) is 0 Å². The Morgan fingerprint density at radius 3 is 2.04 bits per heavy atom. The van der Waals surface area contributed by atoms with E-state index in [1.807, 2.05) is 0 Å². The van der Waals surface area contributed by atoms with Crippen molar-refractivity contribution in [3.05, 3.63) is 24.3 Å². The van der Waals surface area contributed by atoms with Gasteiger partial charge in [0.15, 0.2) is 9.84 Å². The number of hydrogen-bond acceptors (Lipinski definition) is 6. The number of sulfone groups is 1. The first-order valence-electron chi connectivity index (χ1n) is 7.52. The summed E-state index contributed by atoms with van der Waals surface area (Å²) in [6.45, 7) is 5.13. The van der Waals surface area contributed by atoms with E-state index in [0.29, 0.717) is 6.54 Å². The van der Waals surface area contributed by atoms with Crippen LogP contribution in [0.2, 0.25) is 0 Å². The second-order valence-electron chi connectivity index (χ2n) is 5.59. The predicted octanol–water partition coefficient (Wildman–Crippen LogP) is 0.507. The smallest absolute Gasteiger partial charge is 0.240 e. The second-order valence-corrected chi connectivity index (χ2v) is 9.37. The van der Waals surface area contributed by atoms with Gasteiger partial charge in [-0.15, -0.1) is 24.8 Å². The number of piperazine rings is 1. The summed E-state index contributed by atoms with van der Waals surface area (Å²) >= 11 is 0. The van der Waals surface area contributed by atoms with Crippen molar-refractivity contribution in [2.75, 3.05) is 45.5 Å². The molecule has 7 nitrogen and oxygen atoms in total. The lowest BCUT2D eigenvalue weighted by Gasteiger charge is -2.27. The van der Waals surface area contributed by atoms with Gasteiger partial charge in [0.05, 0.1) is 9.79 Å². The molecule has 0 aliphatic carbocycles. The molecule has 1 fully saturated rings. The molecule has 0 aromatic heterocycles. The molecule has 1 aliphatic heterocycles. The SMILES string of the molecule is CS(=O)(=O)c1ccc(S(=O)(=O)NCCCN2CCNCC2)cc1.Cl.Cl. The molecule has 0 amide bonds. The van der Waals surface area contributed by atoms with Crippen LogP contribution < -0.4 is 10.0 Å². The average Bonchev–Trinajstić information content (AvgIpc) is 2.52. The third-order valence-corrected chi connectivity index (χ3v) is 6.32. The molecule has 25 heavy (non-hydrogen) atoms. The first kappa shape index (κ1) is 24.6. The van der Waals surface area contributed by atoms with Gasteiger partial charge >= 0.3 is 0 Å². The molecule has 0 atom stereocenters. The van der Waals surface area contributed by atoms with Gasteiger partial charge in [-0.25, -0.2) is 21.6 Å². The van der Waals surface area contributed by atoms with Crippen LogP contribution in [0.3, 0.4) is 0 Å². The van der Waals surface area contributed by atoms with E-state index in [4.69, 9.17) is 0 Å². The van der Waals surface area contributed by atoms with Crippen LogP contribution in [0.5, 0.6) is 0 Å². The van der Waals surface area contributed by atoms with Gasteiger partial charge in [0.2, 0.25) is 10.0 Å². The van der Waals surface area contributed by atoms with E-state index < -0.39 is 19.9 Å². The van der Waals surface area contributed by atoms with Crippen molar-refractivity contribution in [3.8, 4) is 0 Å². The van der Waals surface area contributed by atoms with Crippen LogP contribution in [0.1, 0.15) is 6.42 Å². The topological polar surface area (TPSA) is 95.6 Å². The number of hydrogen-bond donors (Lipinski definition) is 2. The number of nitrogens with zero attached hydrogens (tertiary/aromatic N) is 1. The van der Waals surface area contributed by atoms with Crippen LogP contribution in [-0.2, 0) is 19.9 Å². The van der Waals surface area contributed by atoms with E-state index in [0.717, 1.165) is 45.4 Å². The van der Waals surface area contributed by atoms with Gasteiger partial charge in [-0.1, -0.05) is 0 Å². The summed E-state index contributed by atoms with van der Waals surface area (Å²) in [6.07, 6.45) is 1.82. The highest BCUT2D eigenvalue weighted by Crippen LogP contribution is 2.14. The van der Waals surface area contributed by atoms with Gasteiger partial charge in [-0.3, -0.25) is 0 Å². The lowest BCUT2D eigenvalue weighted by Crippen LogP contribution is -2.44. The average molecular weight is 434 g/mol. The lowest BCUT2D eigenvalue weighted by atomic mass is 10.3. The molecular weight excluding hydrogens is 409 g/mol. The maximum Gasteiger partial charge on any atom is 0.240 e. The maximum atomic E-state index is 12.2. The molecule has 0 unspecified atom stereocenters. The molecule has 1 aliphatic rings. The van der Waals surface area contributed by atoms with Crippen molar-refractivity contribution in [2.45, 2.75) is 16.2 Å². The highest BCUT2D eigenvalue weighted by Gasteiger charge is 2.15. The second kappa shape index (κ2) is 10.7. The Labute approximate surface area is 162 Å². The molecule has 0 saturated carbocycles. The maximum absolute atomic E-state index is 12.2. The van der Waals surface area contributed by atoms with Crippen molar-refractivity contribution >= 4 is 44.7 Å². The standard InChI is InChI=1S/C14H23N3O4S2.2ClH/c1-22(18,19)13-3-5-14(6-4-13)23(20,21)16-7-2-10-17-11-8-15-9-12-17;;/h3-6,15-16H,2,7-12H2,1H3;2*1H. The minimum absolute atomic E-state index is 0. The summed E-state index contributed by atoms with van der Waals surface area (Å²) in [5, 5.41) is 3.27. The Morgan fingerprint density at radius 2 is 1.52 bits per heavy atom. The van der Waals surface area contributed by atoms with Gasteiger partial charge in [-0.2, -0.15) is 0 Å². The summed E-state index contributed by atoms with van der Waals surface area (Å²) in [7, 11) is -6.93. The summed E-state index contributed by atoms with van der Waals surface area (Å²) < 4.78 is 49.6. The Kier molecular flexibility index (Phi) is 10.5. The zero-order valence-corrected chi connectivity index (χ0v) is 17.2. The zero-order chi connectivity index (χ0) is 16.9. The molecule has 0 spiro atoms. The molecule has 146 valence electrons. The van der Waals surface area contributed by atoms with Crippen molar-refractivity contribution in [3.63, 3.8) is 0 Å². The molecule has 1 aromatic rings. The monoisotopic (exact) mass is 433 g/mol.